The summed E-state index contributed by atoms with van der Waals surface area (Å²) in [6.07, 6.45) is 0. The number of methoxy groups -OCH3 is 1. The lowest BCUT2D eigenvalue weighted by Crippen LogP contribution is -2.48. The van der Waals surface area contributed by atoms with Crippen LogP contribution in [0.25, 0.3) is 0 Å². The van der Waals surface area contributed by atoms with Crippen LogP contribution in [0.15, 0.2) is 23.3 Å². The molecular weight excluding hydrogens is 345 g/mol. The van der Waals surface area contributed by atoms with Crippen molar-refractivity contribution >= 4 is 52.4 Å². The molecule has 1 fully saturated rings. The third-order valence-electron chi connectivity index (χ3n) is 3.87. The molecule has 0 radical (unpaired) electrons. The van der Waals surface area contributed by atoms with Crippen molar-refractivity contribution in [2.45, 2.75) is 12.5 Å². The molecular formula is C14H11Cl2N3O4. The Balaban J connectivity index is 2.07. The van der Waals surface area contributed by atoms with Crippen LogP contribution in [0.1, 0.15) is 6.92 Å². The van der Waals surface area contributed by atoms with Crippen molar-refractivity contribution in [3.8, 4) is 0 Å². The molecule has 2 aliphatic heterocycles. The zero-order valence-corrected chi connectivity index (χ0v) is 13.6. The van der Waals surface area contributed by atoms with Crippen LogP contribution < -0.4 is 10.3 Å². The van der Waals surface area contributed by atoms with Gasteiger partial charge in [0.15, 0.2) is 5.71 Å². The Labute approximate surface area is 141 Å². The Hall–Kier alpha value is -2.12. The van der Waals surface area contributed by atoms with Crippen LogP contribution in [-0.2, 0) is 19.1 Å². The normalized spacial score (nSPS) is 26.0. The monoisotopic (exact) mass is 355 g/mol. The molecule has 0 unspecified atom stereocenters. The molecule has 1 aromatic carbocycles. The Morgan fingerprint density at radius 1 is 1.30 bits per heavy atom. The topological polar surface area (TPSA) is 88.1 Å². The quantitative estimate of drug-likeness (QED) is 0.639. The van der Waals surface area contributed by atoms with E-state index in [1.54, 1.807) is 0 Å². The standard InChI is InChI=1S/C14H11Cl2N3O4/c1-14-9(10(17-18-14)12(21)23-2)11(20)19(13(14)22)8-4-6(15)3-7(16)5-8/h3-5,9,18H,1-2H3/t9-,14+/m0/s1. The van der Waals surface area contributed by atoms with E-state index in [4.69, 9.17) is 23.2 Å². The van der Waals surface area contributed by atoms with Crippen LogP contribution >= 0.6 is 23.2 Å². The average Bonchev–Trinajstić information content (AvgIpc) is 2.92. The number of fused-ring (bicyclic) bond motifs is 1. The summed E-state index contributed by atoms with van der Waals surface area (Å²) in [4.78, 5) is 38.2. The summed E-state index contributed by atoms with van der Waals surface area (Å²) in [5.74, 6) is -2.97. The molecule has 1 N–H and O–H groups in total. The minimum Gasteiger partial charge on any atom is -0.464 e. The van der Waals surface area contributed by atoms with Crippen molar-refractivity contribution in [1.29, 1.82) is 0 Å². The number of amides is 2. The Morgan fingerprint density at radius 3 is 2.48 bits per heavy atom. The van der Waals surface area contributed by atoms with Gasteiger partial charge in [-0.1, -0.05) is 23.2 Å². The van der Waals surface area contributed by atoms with Gasteiger partial charge in [-0.25, -0.2) is 9.69 Å². The summed E-state index contributed by atoms with van der Waals surface area (Å²) in [6, 6.07) is 4.38. The zero-order chi connectivity index (χ0) is 16.9. The highest BCUT2D eigenvalue weighted by Crippen LogP contribution is 2.39. The minimum absolute atomic E-state index is 0.135. The van der Waals surface area contributed by atoms with Gasteiger partial charge in [0.2, 0.25) is 5.91 Å². The highest BCUT2D eigenvalue weighted by molar-refractivity contribution is 6.47. The third-order valence-corrected chi connectivity index (χ3v) is 4.31. The number of esters is 1. The number of hydrogen-bond donors (Lipinski definition) is 1. The molecule has 2 atom stereocenters. The number of benzene rings is 1. The van der Waals surface area contributed by atoms with E-state index >= 15 is 0 Å². The van der Waals surface area contributed by atoms with Crippen LogP contribution in [0, 0.1) is 5.92 Å². The smallest absolute Gasteiger partial charge is 0.355 e. The number of ether oxygens (including phenoxy) is 1. The minimum atomic E-state index is -1.35. The largest absolute Gasteiger partial charge is 0.464 e. The number of anilines is 1. The molecule has 9 heteroatoms. The number of nitrogens with zero attached hydrogens (tertiary/aromatic N) is 2. The number of hydrazone groups is 1. The van der Waals surface area contributed by atoms with Gasteiger partial charge >= 0.3 is 5.97 Å². The molecule has 2 aliphatic rings. The lowest BCUT2D eigenvalue weighted by Gasteiger charge is -2.20. The summed E-state index contributed by atoms with van der Waals surface area (Å²) in [7, 11) is 1.18. The summed E-state index contributed by atoms with van der Waals surface area (Å²) in [6.45, 7) is 1.50. The van der Waals surface area contributed by atoms with E-state index in [1.165, 1.54) is 32.2 Å². The number of carbonyl (C=O) groups excluding carboxylic acids is 3. The zero-order valence-electron chi connectivity index (χ0n) is 12.1. The molecule has 7 nitrogen and oxygen atoms in total. The SMILES string of the molecule is COC(=O)C1=NN[C@@]2(C)C(=O)N(c3cc(Cl)cc(Cl)c3)C(=O)[C@H]12. The van der Waals surface area contributed by atoms with Crippen molar-refractivity contribution in [2.75, 3.05) is 12.0 Å². The molecule has 0 aromatic heterocycles. The van der Waals surface area contributed by atoms with E-state index in [0.29, 0.717) is 0 Å². The van der Waals surface area contributed by atoms with Crippen molar-refractivity contribution in [3.63, 3.8) is 0 Å². The van der Waals surface area contributed by atoms with Crippen molar-refractivity contribution in [2.24, 2.45) is 11.0 Å². The van der Waals surface area contributed by atoms with Gasteiger partial charge in [0.25, 0.3) is 5.91 Å². The Bertz CT molecular complexity index is 759. The van der Waals surface area contributed by atoms with Gasteiger partial charge in [0.1, 0.15) is 11.5 Å². The second kappa shape index (κ2) is 5.21. The molecule has 3 rings (SSSR count). The van der Waals surface area contributed by atoms with Crippen molar-refractivity contribution < 1.29 is 19.1 Å². The van der Waals surface area contributed by atoms with E-state index < -0.39 is 29.2 Å². The Morgan fingerprint density at radius 2 is 1.91 bits per heavy atom. The van der Waals surface area contributed by atoms with Crippen LogP contribution in [0.3, 0.4) is 0 Å². The number of imide groups is 1. The molecule has 2 amide bonds. The number of hydrogen-bond acceptors (Lipinski definition) is 6. The van der Waals surface area contributed by atoms with Gasteiger partial charge in [0.05, 0.1) is 12.8 Å². The van der Waals surface area contributed by atoms with E-state index in [1.807, 2.05) is 0 Å². The lowest BCUT2D eigenvalue weighted by molar-refractivity contribution is -0.133. The van der Waals surface area contributed by atoms with Crippen molar-refractivity contribution in [3.05, 3.63) is 28.2 Å². The maximum Gasteiger partial charge on any atom is 0.355 e. The van der Waals surface area contributed by atoms with Crippen LogP contribution in [0.4, 0.5) is 5.69 Å². The van der Waals surface area contributed by atoms with E-state index in [2.05, 4.69) is 15.3 Å². The molecule has 0 bridgehead atoms. The van der Waals surface area contributed by atoms with E-state index in [-0.39, 0.29) is 21.4 Å². The predicted octanol–water partition coefficient (Wildman–Crippen LogP) is 1.37. The maximum absolute atomic E-state index is 12.7. The first-order chi connectivity index (χ1) is 10.8. The first-order valence-electron chi connectivity index (χ1n) is 6.57. The second-order valence-corrected chi connectivity index (χ2v) is 6.22. The Kier molecular flexibility index (Phi) is 3.57. The van der Waals surface area contributed by atoms with Gasteiger partial charge < -0.3 is 4.74 Å². The van der Waals surface area contributed by atoms with E-state index in [0.717, 1.165) is 4.90 Å². The molecule has 0 saturated carbocycles. The highest BCUT2D eigenvalue weighted by atomic mass is 35.5. The van der Waals surface area contributed by atoms with Crippen LogP contribution in [-0.4, -0.2) is 36.1 Å². The fraction of sp³-hybridized carbons (Fsp3) is 0.286. The molecule has 1 saturated heterocycles. The summed E-state index contributed by atoms with van der Waals surface area (Å²) in [5.41, 5.74) is 1.33. The summed E-state index contributed by atoms with van der Waals surface area (Å²) < 4.78 is 4.62. The van der Waals surface area contributed by atoms with Gasteiger partial charge in [-0.05, 0) is 25.1 Å². The second-order valence-electron chi connectivity index (χ2n) is 5.34. The number of carbonyl (C=O) groups is 3. The summed E-state index contributed by atoms with van der Waals surface area (Å²) >= 11 is 11.9. The van der Waals surface area contributed by atoms with Crippen LogP contribution in [0.2, 0.25) is 10.0 Å². The molecule has 23 heavy (non-hydrogen) atoms. The fourth-order valence-corrected chi connectivity index (χ4v) is 3.27. The van der Waals surface area contributed by atoms with E-state index in [9.17, 15) is 14.4 Å². The molecule has 2 heterocycles. The van der Waals surface area contributed by atoms with Gasteiger partial charge in [-0.3, -0.25) is 15.0 Å². The lowest BCUT2D eigenvalue weighted by atomic mass is 9.86. The molecule has 0 aliphatic carbocycles. The number of halogens is 2. The average molecular weight is 356 g/mol. The van der Waals surface area contributed by atoms with Crippen molar-refractivity contribution in [1.82, 2.24) is 5.43 Å². The molecule has 0 spiro atoms. The highest BCUT2D eigenvalue weighted by Gasteiger charge is 2.63. The number of rotatable bonds is 2. The first-order valence-corrected chi connectivity index (χ1v) is 7.32. The first kappa shape index (κ1) is 15.8. The van der Waals surface area contributed by atoms with Gasteiger partial charge in [-0.2, -0.15) is 5.10 Å². The predicted molar refractivity (Wildman–Crippen MR) is 83.4 cm³/mol. The maximum atomic E-state index is 12.7. The summed E-state index contributed by atoms with van der Waals surface area (Å²) in [5, 5.41) is 4.36. The molecule has 1 aromatic rings. The third kappa shape index (κ3) is 2.19. The van der Waals surface area contributed by atoms with Crippen LogP contribution in [0.5, 0.6) is 0 Å². The van der Waals surface area contributed by atoms with Gasteiger partial charge in [0, 0.05) is 10.0 Å². The fourth-order valence-electron chi connectivity index (χ4n) is 2.76. The molecule has 120 valence electrons. The number of nitrogens with one attached hydrogen (secondary N) is 1. The van der Waals surface area contributed by atoms with Gasteiger partial charge in [-0.15, -0.1) is 0 Å².